The van der Waals surface area contributed by atoms with Crippen LogP contribution in [0.3, 0.4) is 0 Å². The number of fused-ring (bicyclic) bond motifs is 5. The maximum atomic E-state index is 14.0. The number of pyridine rings is 1. The molecule has 5 rings (SSSR count). The van der Waals surface area contributed by atoms with Crippen molar-refractivity contribution in [2.45, 2.75) is 38.4 Å². The van der Waals surface area contributed by atoms with Crippen molar-refractivity contribution in [3.8, 4) is 11.5 Å². The number of aromatic nitrogens is 1. The van der Waals surface area contributed by atoms with Gasteiger partial charge in [-0.15, -0.1) is 0 Å². The Morgan fingerprint density at radius 3 is 2.61 bits per heavy atom. The second-order valence-electron chi connectivity index (χ2n) is 9.42. The first kappa shape index (κ1) is 25.4. The lowest BCUT2D eigenvalue weighted by atomic mass is 9.98. The first-order valence-electron chi connectivity index (χ1n) is 12.1. The minimum absolute atomic E-state index is 0.232. The van der Waals surface area contributed by atoms with Crippen LogP contribution in [0, 0.1) is 17.5 Å². The molecule has 1 unspecified atom stereocenters. The summed E-state index contributed by atoms with van der Waals surface area (Å²) < 4.78 is 48.6. The summed E-state index contributed by atoms with van der Waals surface area (Å²) >= 11 is 0. The van der Waals surface area contributed by atoms with Crippen LogP contribution in [0.25, 0.3) is 0 Å². The van der Waals surface area contributed by atoms with E-state index in [9.17, 15) is 32.7 Å². The van der Waals surface area contributed by atoms with Gasteiger partial charge in [0.05, 0.1) is 12.6 Å². The Morgan fingerprint density at radius 2 is 1.87 bits per heavy atom. The Balaban J connectivity index is 1.54. The predicted octanol–water partition coefficient (Wildman–Crippen LogP) is 3.31. The molecular weight excluding hydrogens is 503 g/mol. The number of halogens is 3. The molecular formula is C27H24F3N3O5. The van der Waals surface area contributed by atoms with Crippen molar-refractivity contribution >= 4 is 11.8 Å². The van der Waals surface area contributed by atoms with Gasteiger partial charge in [0.1, 0.15) is 28.8 Å². The van der Waals surface area contributed by atoms with E-state index in [4.69, 9.17) is 4.74 Å². The lowest BCUT2D eigenvalue weighted by Gasteiger charge is -2.40. The molecule has 2 aliphatic heterocycles. The average molecular weight is 527 g/mol. The van der Waals surface area contributed by atoms with Crippen molar-refractivity contribution in [1.82, 2.24) is 14.8 Å². The maximum absolute atomic E-state index is 14.0. The molecule has 0 radical (unpaired) electrons. The molecule has 0 saturated heterocycles. The highest BCUT2D eigenvalue weighted by Gasteiger charge is 2.38. The highest BCUT2D eigenvalue weighted by atomic mass is 19.1. The minimum atomic E-state index is -1.20. The van der Waals surface area contributed by atoms with Crippen molar-refractivity contribution in [3.05, 3.63) is 92.7 Å². The molecule has 0 spiro atoms. The van der Waals surface area contributed by atoms with Gasteiger partial charge in [0.15, 0.2) is 11.4 Å². The van der Waals surface area contributed by atoms with Crippen molar-refractivity contribution in [2.24, 2.45) is 0 Å². The van der Waals surface area contributed by atoms with Gasteiger partial charge in [0.2, 0.25) is 5.43 Å². The Kier molecular flexibility index (Phi) is 6.60. The van der Waals surface area contributed by atoms with Gasteiger partial charge in [0.25, 0.3) is 11.8 Å². The molecule has 2 N–H and O–H groups in total. The zero-order valence-electron chi connectivity index (χ0n) is 20.3. The van der Waals surface area contributed by atoms with Crippen molar-refractivity contribution < 1.29 is 32.6 Å². The van der Waals surface area contributed by atoms with Crippen LogP contribution in [0.5, 0.6) is 11.5 Å². The SMILES string of the molecule is C[C@H]1CCOc2ccccc2CC2CN1C(=O)c1c(O)c(=O)c(C(=O)NCc3c(F)cc(F)cc3F)cn12. The van der Waals surface area contributed by atoms with Gasteiger partial charge >= 0.3 is 0 Å². The number of benzene rings is 2. The number of hydrogen-bond donors (Lipinski definition) is 2. The Hall–Kier alpha value is -4.28. The van der Waals surface area contributed by atoms with E-state index in [0.717, 1.165) is 5.56 Å². The Bertz CT molecular complexity index is 1480. The number of nitrogens with zero attached hydrogens (tertiary/aromatic N) is 2. The van der Waals surface area contributed by atoms with E-state index >= 15 is 0 Å². The van der Waals surface area contributed by atoms with E-state index < -0.39 is 64.2 Å². The Labute approximate surface area is 215 Å². The van der Waals surface area contributed by atoms with Crippen molar-refractivity contribution in [1.29, 1.82) is 0 Å². The zero-order chi connectivity index (χ0) is 27.1. The second kappa shape index (κ2) is 9.88. The summed E-state index contributed by atoms with van der Waals surface area (Å²) in [6.45, 7) is 1.82. The molecule has 0 fully saturated rings. The molecule has 8 nitrogen and oxygen atoms in total. The van der Waals surface area contributed by atoms with Gasteiger partial charge in [-0.2, -0.15) is 0 Å². The lowest BCUT2D eigenvalue weighted by Crippen LogP contribution is -2.50. The smallest absolute Gasteiger partial charge is 0.274 e. The summed E-state index contributed by atoms with van der Waals surface area (Å²) in [6, 6.07) is 7.65. The van der Waals surface area contributed by atoms with Gasteiger partial charge in [-0.1, -0.05) is 18.2 Å². The largest absolute Gasteiger partial charge is 0.503 e. The van der Waals surface area contributed by atoms with Crippen LogP contribution in [0.4, 0.5) is 13.2 Å². The summed E-state index contributed by atoms with van der Waals surface area (Å²) in [6.07, 6.45) is 2.08. The highest BCUT2D eigenvalue weighted by molar-refractivity contribution is 5.99. The molecule has 198 valence electrons. The van der Waals surface area contributed by atoms with Crippen LogP contribution >= 0.6 is 0 Å². The number of para-hydroxylation sites is 1. The van der Waals surface area contributed by atoms with Gasteiger partial charge in [-0.05, 0) is 25.0 Å². The summed E-state index contributed by atoms with van der Waals surface area (Å²) in [7, 11) is 0. The van der Waals surface area contributed by atoms with Gasteiger partial charge in [0, 0.05) is 49.4 Å². The monoisotopic (exact) mass is 527 g/mol. The number of rotatable bonds is 3. The molecule has 0 aliphatic carbocycles. The van der Waals surface area contributed by atoms with Crippen LogP contribution in [0.1, 0.15) is 51.4 Å². The molecule has 3 heterocycles. The molecule has 3 aromatic rings. The van der Waals surface area contributed by atoms with Crippen LogP contribution in [-0.4, -0.2) is 45.6 Å². The molecule has 11 heteroatoms. The van der Waals surface area contributed by atoms with Gasteiger partial charge < -0.3 is 24.6 Å². The zero-order valence-corrected chi connectivity index (χ0v) is 20.3. The molecule has 2 atom stereocenters. The number of carbonyl (C=O) groups is 2. The lowest BCUT2D eigenvalue weighted by molar-refractivity contribution is 0.0546. The van der Waals surface area contributed by atoms with Gasteiger partial charge in [-0.25, -0.2) is 13.2 Å². The first-order chi connectivity index (χ1) is 18.2. The summed E-state index contributed by atoms with van der Waals surface area (Å²) in [5.41, 5.74) is -1.58. The normalized spacial score (nSPS) is 18.7. The highest BCUT2D eigenvalue weighted by Crippen LogP contribution is 2.33. The number of nitrogens with one attached hydrogen (secondary N) is 1. The predicted molar refractivity (Wildman–Crippen MR) is 130 cm³/mol. The van der Waals surface area contributed by atoms with E-state index in [2.05, 4.69) is 5.32 Å². The quantitative estimate of drug-likeness (QED) is 0.545. The molecule has 2 bridgehead atoms. The molecule has 2 aliphatic rings. The van der Waals surface area contributed by atoms with Crippen LogP contribution in [0.15, 0.2) is 47.4 Å². The molecule has 0 saturated carbocycles. The van der Waals surface area contributed by atoms with Crippen LogP contribution in [-0.2, 0) is 13.0 Å². The summed E-state index contributed by atoms with van der Waals surface area (Å²) in [5.74, 6) is -5.29. The topological polar surface area (TPSA) is 101 Å². The maximum Gasteiger partial charge on any atom is 0.274 e. The number of aromatic hydroxyl groups is 1. The molecule has 2 aromatic carbocycles. The fraction of sp³-hybridized carbons (Fsp3) is 0.296. The summed E-state index contributed by atoms with van der Waals surface area (Å²) in [5, 5.41) is 13.1. The van der Waals surface area contributed by atoms with Crippen molar-refractivity contribution in [3.63, 3.8) is 0 Å². The van der Waals surface area contributed by atoms with E-state index in [1.165, 1.54) is 10.8 Å². The number of carbonyl (C=O) groups excluding carboxylic acids is 2. The van der Waals surface area contributed by atoms with Gasteiger partial charge in [-0.3, -0.25) is 14.4 Å². The fourth-order valence-corrected chi connectivity index (χ4v) is 4.93. The van der Waals surface area contributed by atoms with E-state index in [-0.39, 0.29) is 18.3 Å². The third-order valence-corrected chi connectivity index (χ3v) is 7.00. The van der Waals surface area contributed by atoms with Crippen LogP contribution in [0.2, 0.25) is 0 Å². The molecule has 38 heavy (non-hydrogen) atoms. The Morgan fingerprint density at radius 1 is 1.16 bits per heavy atom. The molecule has 1 aromatic heterocycles. The fourth-order valence-electron chi connectivity index (χ4n) is 4.93. The standard InChI is InChI=1S/C27H24F3N3O5/c1-14-6-7-38-22-5-3-2-4-15(22)8-17-12-32(14)27(37)23-25(35)24(34)19(13-33(17)23)26(36)31-11-18-20(29)9-16(28)10-21(18)30/h2-5,9-10,13-14,17,35H,6-8,11-12H2,1H3,(H,31,36)/t14-,17?/m0/s1. The number of amides is 2. The van der Waals surface area contributed by atoms with Crippen LogP contribution < -0.4 is 15.5 Å². The third kappa shape index (κ3) is 4.48. The summed E-state index contributed by atoms with van der Waals surface area (Å²) in [4.78, 5) is 40.9. The first-order valence-corrected chi connectivity index (χ1v) is 12.1. The van der Waals surface area contributed by atoms with Crippen molar-refractivity contribution in [2.75, 3.05) is 13.2 Å². The number of ether oxygens (including phenoxy) is 1. The second-order valence-corrected chi connectivity index (χ2v) is 9.42. The average Bonchev–Trinajstić information content (AvgIpc) is 2.87. The third-order valence-electron chi connectivity index (χ3n) is 7.00. The van der Waals surface area contributed by atoms with E-state index in [0.29, 0.717) is 37.3 Å². The van der Waals surface area contributed by atoms with E-state index in [1.54, 1.807) is 4.90 Å². The minimum Gasteiger partial charge on any atom is -0.503 e. The molecule has 2 amide bonds. The number of hydrogen-bond acceptors (Lipinski definition) is 5. The van der Waals surface area contributed by atoms with E-state index in [1.807, 2.05) is 31.2 Å².